The summed E-state index contributed by atoms with van der Waals surface area (Å²) in [5, 5.41) is 10.2. The fourth-order valence-corrected chi connectivity index (χ4v) is 1.77. The molecule has 0 aliphatic rings. The van der Waals surface area contributed by atoms with Crippen LogP contribution in [-0.4, -0.2) is 48.1 Å². The van der Waals surface area contributed by atoms with Crippen molar-refractivity contribution in [2.24, 2.45) is 0 Å². The minimum atomic E-state index is -4.41. The molecule has 1 N–H and O–H groups in total. The smallest absolute Gasteiger partial charge is 0.350 e. The number of nitrogens with zero attached hydrogens (tertiary/aromatic N) is 6. The molecule has 0 aromatic carbocycles. The molecule has 3 heterocycles. The molecule has 0 bridgehead atoms. The van der Waals surface area contributed by atoms with E-state index in [1.807, 2.05) is 0 Å². The second-order valence-electron chi connectivity index (χ2n) is 4.62. The Hall–Kier alpha value is -3.02. The number of anilines is 1. The third-order valence-corrected chi connectivity index (χ3v) is 2.70. The summed E-state index contributed by atoms with van der Waals surface area (Å²) in [5.41, 5.74) is 0.266. The second kappa shape index (κ2) is 6.23. The van der Waals surface area contributed by atoms with Gasteiger partial charge in [0, 0.05) is 12.4 Å². The van der Waals surface area contributed by atoms with Gasteiger partial charge in [-0.15, -0.1) is 5.10 Å². The number of hydrogen-bond acceptors (Lipinski definition) is 6. The normalized spacial score (nSPS) is 11.8. The maximum Gasteiger partial charge on any atom is 0.411 e. The van der Waals surface area contributed by atoms with Crippen LogP contribution in [-0.2, 0) is 11.5 Å². The maximum absolute atomic E-state index is 12.0. The van der Waals surface area contributed by atoms with Crippen LogP contribution in [0.5, 0.6) is 0 Å². The molecule has 24 heavy (non-hydrogen) atoms. The lowest BCUT2D eigenvalue weighted by atomic mass is 10.5. The Morgan fingerprint density at radius 3 is 2.96 bits per heavy atom. The molecule has 3 aromatic heterocycles. The standard InChI is InChI=1S/C12H10F3N7O2/c13-12(14,15)6-24-7-21-5-8(4-17-21)18-10(23)9-19-11-16-2-1-3-22(11)20-9/h1-5H,6-7H2,(H,18,23). The zero-order valence-electron chi connectivity index (χ0n) is 11.9. The van der Waals surface area contributed by atoms with Gasteiger partial charge in [0.1, 0.15) is 13.3 Å². The van der Waals surface area contributed by atoms with Crippen molar-refractivity contribution in [3.8, 4) is 0 Å². The lowest BCUT2D eigenvalue weighted by Crippen LogP contribution is -2.18. The molecule has 0 saturated carbocycles. The number of alkyl halides is 3. The Labute approximate surface area is 132 Å². The average molecular weight is 341 g/mol. The summed E-state index contributed by atoms with van der Waals surface area (Å²) >= 11 is 0. The van der Waals surface area contributed by atoms with Gasteiger partial charge in [-0.1, -0.05) is 0 Å². The average Bonchev–Trinajstić information content (AvgIpc) is 3.12. The summed E-state index contributed by atoms with van der Waals surface area (Å²) in [6, 6.07) is 1.63. The number of ether oxygens (including phenoxy) is 1. The highest BCUT2D eigenvalue weighted by Crippen LogP contribution is 2.15. The summed E-state index contributed by atoms with van der Waals surface area (Å²) in [6.07, 6.45) is 1.27. The number of rotatable bonds is 5. The van der Waals surface area contributed by atoms with E-state index in [0.29, 0.717) is 0 Å². The predicted octanol–water partition coefficient (Wildman–Crippen LogP) is 1.11. The maximum atomic E-state index is 12.0. The van der Waals surface area contributed by atoms with Gasteiger partial charge >= 0.3 is 6.18 Å². The van der Waals surface area contributed by atoms with E-state index in [4.69, 9.17) is 0 Å². The van der Waals surface area contributed by atoms with E-state index >= 15 is 0 Å². The van der Waals surface area contributed by atoms with E-state index in [2.05, 4.69) is 30.2 Å². The molecule has 0 aliphatic heterocycles. The Bertz CT molecular complexity index is 825. The van der Waals surface area contributed by atoms with E-state index in [-0.39, 0.29) is 17.3 Å². The van der Waals surface area contributed by atoms with Gasteiger partial charge in [0.2, 0.25) is 5.82 Å². The monoisotopic (exact) mass is 341 g/mol. The second-order valence-corrected chi connectivity index (χ2v) is 4.62. The van der Waals surface area contributed by atoms with Crippen molar-refractivity contribution in [3.05, 3.63) is 36.7 Å². The molecule has 3 rings (SSSR count). The van der Waals surface area contributed by atoms with Crippen LogP contribution in [0.1, 0.15) is 10.6 Å². The molecular weight excluding hydrogens is 331 g/mol. The van der Waals surface area contributed by atoms with Gasteiger partial charge in [0.15, 0.2) is 0 Å². The van der Waals surface area contributed by atoms with Gasteiger partial charge < -0.3 is 10.1 Å². The molecule has 12 heteroatoms. The first-order valence-electron chi connectivity index (χ1n) is 6.56. The highest BCUT2D eigenvalue weighted by atomic mass is 19.4. The first-order valence-corrected chi connectivity index (χ1v) is 6.56. The lowest BCUT2D eigenvalue weighted by Gasteiger charge is -2.07. The summed E-state index contributed by atoms with van der Waals surface area (Å²) in [6.45, 7) is -1.78. The molecule has 126 valence electrons. The van der Waals surface area contributed by atoms with Crippen LogP contribution < -0.4 is 5.32 Å². The highest BCUT2D eigenvalue weighted by Gasteiger charge is 2.27. The fraction of sp³-hybridized carbons (Fsp3) is 0.250. The van der Waals surface area contributed by atoms with Crippen molar-refractivity contribution in [1.29, 1.82) is 0 Å². The van der Waals surface area contributed by atoms with Gasteiger partial charge in [-0.25, -0.2) is 14.2 Å². The molecular formula is C12H10F3N7O2. The number of fused-ring (bicyclic) bond motifs is 1. The molecule has 0 atom stereocenters. The van der Waals surface area contributed by atoms with Crippen LogP contribution in [0.25, 0.3) is 5.78 Å². The highest BCUT2D eigenvalue weighted by molar-refractivity contribution is 6.01. The Balaban J connectivity index is 1.60. The van der Waals surface area contributed by atoms with Crippen LogP contribution in [0.3, 0.4) is 0 Å². The van der Waals surface area contributed by atoms with Gasteiger partial charge in [0.25, 0.3) is 11.7 Å². The summed E-state index contributed by atoms with van der Waals surface area (Å²) in [7, 11) is 0. The van der Waals surface area contributed by atoms with E-state index in [9.17, 15) is 18.0 Å². The summed E-state index contributed by atoms with van der Waals surface area (Å²) in [5.74, 6) is -0.440. The fourth-order valence-electron chi connectivity index (χ4n) is 1.77. The molecule has 0 fully saturated rings. The van der Waals surface area contributed by atoms with Gasteiger partial charge in [-0.05, 0) is 6.07 Å². The topological polar surface area (TPSA) is 99.2 Å². The van der Waals surface area contributed by atoms with Crippen LogP contribution >= 0.6 is 0 Å². The summed E-state index contributed by atoms with van der Waals surface area (Å²) in [4.78, 5) is 19.9. The first-order chi connectivity index (χ1) is 11.4. The lowest BCUT2D eigenvalue weighted by molar-refractivity contribution is -0.182. The van der Waals surface area contributed by atoms with Gasteiger partial charge in [-0.2, -0.15) is 23.3 Å². The Morgan fingerprint density at radius 1 is 1.38 bits per heavy atom. The number of aromatic nitrogens is 6. The molecule has 0 unspecified atom stereocenters. The van der Waals surface area contributed by atoms with E-state index < -0.39 is 25.4 Å². The third-order valence-electron chi connectivity index (χ3n) is 2.70. The largest absolute Gasteiger partial charge is 0.411 e. The minimum Gasteiger partial charge on any atom is -0.350 e. The molecule has 0 aliphatic carbocycles. The molecule has 3 aromatic rings. The zero-order valence-corrected chi connectivity index (χ0v) is 11.9. The minimum absolute atomic E-state index is 0.102. The van der Waals surface area contributed by atoms with Gasteiger partial charge in [-0.3, -0.25) is 4.79 Å². The number of halogens is 3. The number of carbonyl (C=O) groups excluding carboxylic acids is 1. The van der Waals surface area contributed by atoms with E-state index in [1.165, 1.54) is 23.1 Å². The van der Waals surface area contributed by atoms with E-state index in [0.717, 1.165) is 4.68 Å². The van der Waals surface area contributed by atoms with Crippen molar-refractivity contribution < 1.29 is 22.7 Å². The number of hydrogen-bond donors (Lipinski definition) is 1. The quantitative estimate of drug-likeness (QED) is 0.746. The van der Waals surface area contributed by atoms with Crippen molar-refractivity contribution >= 4 is 17.4 Å². The number of nitrogens with one attached hydrogen (secondary N) is 1. The Morgan fingerprint density at radius 2 is 2.21 bits per heavy atom. The van der Waals surface area contributed by atoms with Crippen LogP contribution in [0.15, 0.2) is 30.9 Å². The van der Waals surface area contributed by atoms with Crippen LogP contribution in [0, 0.1) is 0 Å². The first kappa shape index (κ1) is 15.9. The third kappa shape index (κ3) is 3.84. The molecule has 0 saturated heterocycles. The number of amides is 1. The molecule has 9 nitrogen and oxygen atoms in total. The predicted molar refractivity (Wildman–Crippen MR) is 73.0 cm³/mol. The van der Waals surface area contributed by atoms with Crippen molar-refractivity contribution in [1.82, 2.24) is 29.4 Å². The molecule has 1 amide bonds. The summed E-state index contributed by atoms with van der Waals surface area (Å²) < 4.78 is 42.8. The van der Waals surface area contributed by atoms with Crippen molar-refractivity contribution in [2.45, 2.75) is 12.9 Å². The van der Waals surface area contributed by atoms with Gasteiger partial charge in [0.05, 0.1) is 18.1 Å². The van der Waals surface area contributed by atoms with Crippen LogP contribution in [0.4, 0.5) is 18.9 Å². The molecule has 0 spiro atoms. The Kier molecular flexibility index (Phi) is 4.12. The van der Waals surface area contributed by atoms with Crippen molar-refractivity contribution in [2.75, 3.05) is 11.9 Å². The van der Waals surface area contributed by atoms with E-state index in [1.54, 1.807) is 12.3 Å². The molecule has 0 radical (unpaired) electrons. The zero-order chi connectivity index (χ0) is 17.2. The SMILES string of the molecule is O=C(Nc1cnn(COCC(F)(F)F)c1)c1nc2ncccn2n1. The van der Waals surface area contributed by atoms with Crippen LogP contribution in [0.2, 0.25) is 0 Å². The number of carbonyl (C=O) groups is 1. The van der Waals surface area contributed by atoms with Crippen molar-refractivity contribution in [3.63, 3.8) is 0 Å².